The summed E-state index contributed by atoms with van der Waals surface area (Å²) in [4.78, 5) is 16.5. The molecule has 32 heavy (non-hydrogen) atoms. The van der Waals surface area contributed by atoms with Gasteiger partial charge in [0.1, 0.15) is 5.75 Å². The van der Waals surface area contributed by atoms with Gasteiger partial charge in [0.05, 0.1) is 24.9 Å². The summed E-state index contributed by atoms with van der Waals surface area (Å²) in [6, 6.07) is 15.7. The van der Waals surface area contributed by atoms with Gasteiger partial charge in [-0.15, -0.1) is 0 Å². The molecule has 164 valence electrons. The van der Waals surface area contributed by atoms with Crippen molar-refractivity contribution in [2.45, 2.75) is 19.9 Å². The van der Waals surface area contributed by atoms with E-state index in [-0.39, 0.29) is 5.69 Å². The van der Waals surface area contributed by atoms with E-state index in [2.05, 4.69) is 32.6 Å². The van der Waals surface area contributed by atoms with Gasteiger partial charge in [-0.05, 0) is 30.7 Å². The Hall–Kier alpha value is -3.71. The van der Waals surface area contributed by atoms with Gasteiger partial charge >= 0.3 is 5.97 Å². The highest BCUT2D eigenvalue weighted by atomic mass is 16.5. The molecule has 0 aliphatic heterocycles. The fourth-order valence-electron chi connectivity index (χ4n) is 3.68. The second-order valence-corrected chi connectivity index (χ2v) is 7.32. The minimum Gasteiger partial charge on any atom is -0.492 e. The highest BCUT2D eigenvalue weighted by Crippen LogP contribution is 2.30. The Labute approximate surface area is 186 Å². The lowest BCUT2D eigenvalue weighted by atomic mass is 10.0. The van der Waals surface area contributed by atoms with Gasteiger partial charge in [-0.3, -0.25) is 5.10 Å². The van der Waals surface area contributed by atoms with E-state index in [9.17, 15) is 4.79 Å². The molecule has 2 N–H and O–H groups in total. The molecule has 2 aromatic heterocycles. The van der Waals surface area contributed by atoms with Crippen LogP contribution >= 0.6 is 0 Å². The maximum absolute atomic E-state index is 12.2. The average molecular weight is 431 g/mol. The lowest BCUT2D eigenvalue weighted by molar-refractivity contribution is 0.0519. The van der Waals surface area contributed by atoms with Crippen LogP contribution in [0.4, 0.5) is 0 Å². The number of esters is 1. The molecule has 0 aliphatic rings. The van der Waals surface area contributed by atoms with Gasteiger partial charge in [-0.2, -0.15) is 5.10 Å². The van der Waals surface area contributed by atoms with E-state index in [0.29, 0.717) is 25.4 Å². The number of nitrogens with zero attached hydrogens (tertiary/aromatic N) is 2. The van der Waals surface area contributed by atoms with E-state index in [1.54, 1.807) is 19.2 Å². The van der Waals surface area contributed by atoms with Gasteiger partial charge in [0, 0.05) is 36.2 Å². The Bertz CT molecular complexity index is 1200. The number of ether oxygens (including phenoxy) is 2. The minimum atomic E-state index is -0.461. The Balaban J connectivity index is 1.57. The van der Waals surface area contributed by atoms with Crippen LogP contribution in [-0.2, 0) is 17.7 Å². The smallest absolute Gasteiger partial charge is 0.357 e. The number of hydrogen-bond donors (Lipinski definition) is 2. The third-order valence-corrected chi connectivity index (χ3v) is 5.22. The van der Waals surface area contributed by atoms with Gasteiger partial charge < -0.3 is 14.8 Å². The second kappa shape index (κ2) is 10.1. The first kappa shape index (κ1) is 21.5. The van der Waals surface area contributed by atoms with E-state index < -0.39 is 5.97 Å². The van der Waals surface area contributed by atoms with Crippen molar-refractivity contribution >= 4 is 16.9 Å². The highest BCUT2D eigenvalue weighted by molar-refractivity contribution is 5.89. The standard InChI is InChI=1S/C25H26N4O3/c1-3-31-25(30)22-13-23(20(15-27-22)17-7-5-4-6-8-17)32-12-11-18-9-10-19(14-26-2)24-21(18)16-28-29-24/h4-10,13,15-16,26H,3,11-12,14H2,1-2H3,(H,28,29). The largest absolute Gasteiger partial charge is 0.492 e. The Kier molecular flexibility index (Phi) is 6.77. The summed E-state index contributed by atoms with van der Waals surface area (Å²) in [5.74, 6) is 0.140. The number of aromatic nitrogens is 3. The van der Waals surface area contributed by atoms with Crippen LogP contribution in [0.3, 0.4) is 0 Å². The summed E-state index contributed by atoms with van der Waals surface area (Å²) in [6.45, 7) is 3.27. The molecule has 4 rings (SSSR count). The molecule has 0 aliphatic carbocycles. The van der Waals surface area contributed by atoms with Crippen molar-refractivity contribution in [1.29, 1.82) is 0 Å². The average Bonchev–Trinajstić information content (AvgIpc) is 3.32. The van der Waals surface area contributed by atoms with Crippen LogP contribution in [0, 0.1) is 0 Å². The number of carbonyl (C=O) groups is 1. The van der Waals surface area contributed by atoms with Crippen molar-refractivity contribution in [3.63, 3.8) is 0 Å². The van der Waals surface area contributed by atoms with Crippen molar-refractivity contribution in [3.05, 3.63) is 77.7 Å². The molecule has 0 bridgehead atoms. The summed E-state index contributed by atoms with van der Waals surface area (Å²) >= 11 is 0. The molecule has 0 spiro atoms. The first-order valence-corrected chi connectivity index (χ1v) is 10.6. The molecule has 4 aromatic rings. The summed E-state index contributed by atoms with van der Waals surface area (Å²) in [7, 11) is 1.92. The molecular weight excluding hydrogens is 404 g/mol. The van der Waals surface area contributed by atoms with Crippen LogP contribution in [0.15, 0.2) is 60.9 Å². The molecule has 0 unspecified atom stereocenters. The second-order valence-electron chi connectivity index (χ2n) is 7.32. The Morgan fingerprint density at radius 3 is 2.69 bits per heavy atom. The predicted molar refractivity (Wildman–Crippen MR) is 124 cm³/mol. The fraction of sp³-hybridized carbons (Fsp3) is 0.240. The van der Waals surface area contributed by atoms with Gasteiger partial charge in [0.2, 0.25) is 0 Å². The molecule has 2 heterocycles. The monoisotopic (exact) mass is 430 g/mol. The minimum absolute atomic E-state index is 0.232. The van der Waals surface area contributed by atoms with E-state index in [1.807, 2.05) is 43.6 Å². The number of fused-ring (bicyclic) bond motifs is 1. The molecule has 0 atom stereocenters. The molecule has 0 saturated heterocycles. The Morgan fingerprint density at radius 2 is 1.91 bits per heavy atom. The number of H-pyrrole nitrogens is 1. The first-order valence-electron chi connectivity index (χ1n) is 10.6. The third-order valence-electron chi connectivity index (χ3n) is 5.22. The van der Waals surface area contributed by atoms with Crippen molar-refractivity contribution in [1.82, 2.24) is 20.5 Å². The molecule has 0 saturated carbocycles. The number of hydrogen-bond acceptors (Lipinski definition) is 6. The molecule has 0 fully saturated rings. The molecule has 7 nitrogen and oxygen atoms in total. The lowest BCUT2D eigenvalue weighted by Gasteiger charge is -2.13. The van der Waals surface area contributed by atoms with Crippen LogP contribution in [0.1, 0.15) is 28.5 Å². The molecule has 2 aromatic carbocycles. The number of nitrogens with one attached hydrogen (secondary N) is 2. The van der Waals surface area contributed by atoms with Gasteiger partial charge in [0.25, 0.3) is 0 Å². The number of carbonyl (C=O) groups excluding carboxylic acids is 1. The maximum atomic E-state index is 12.2. The molecule has 0 amide bonds. The predicted octanol–water partition coefficient (Wildman–Crippen LogP) is 4.14. The number of pyridine rings is 1. The van der Waals surface area contributed by atoms with Gasteiger partial charge in [-0.25, -0.2) is 9.78 Å². The first-order chi connectivity index (χ1) is 15.7. The van der Waals surface area contributed by atoms with E-state index in [0.717, 1.165) is 34.1 Å². The zero-order valence-electron chi connectivity index (χ0n) is 18.2. The summed E-state index contributed by atoms with van der Waals surface area (Å²) in [5, 5.41) is 11.6. The maximum Gasteiger partial charge on any atom is 0.357 e. The number of rotatable bonds is 9. The normalized spacial score (nSPS) is 10.9. The van der Waals surface area contributed by atoms with Gasteiger partial charge in [0.15, 0.2) is 5.69 Å². The quantitative estimate of drug-likeness (QED) is 0.388. The van der Waals surface area contributed by atoms with E-state index in [4.69, 9.17) is 9.47 Å². The van der Waals surface area contributed by atoms with Crippen LogP contribution in [0.2, 0.25) is 0 Å². The number of benzene rings is 2. The fourth-order valence-corrected chi connectivity index (χ4v) is 3.68. The third kappa shape index (κ3) is 4.63. The van der Waals surface area contributed by atoms with E-state index in [1.165, 1.54) is 5.56 Å². The lowest BCUT2D eigenvalue weighted by Crippen LogP contribution is -2.09. The number of aromatic amines is 1. The summed E-state index contributed by atoms with van der Waals surface area (Å²) in [6.07, 6.45) is 4.21. The molecule has 7 heteroatoms. The van der Waals surface area contributed by atoms with Crippen LogP contribution < -0.4 is 10.1 Å². The SMILES string of the molecule is CCOC(=O)c1cc(OCCc2ccc(CNC)c3[nH]ncc23)c(-c2ccccc2)cn1. The molecule has 0 radical (unpaired) electrons. The van der Waals surface area contributed by atoms with Crippen molar-refractivity contribution in [3.8, 4) is 16.9 Å². The molecular formula is C25H26N4O3. The van der Waals surface area contributed by atoms with Crippen molar-refractivity contribution < 1.29 is 14.3 Å². The zero-order valence-corrected chi connectivity index (χ0v) is 18.2. The topological polar surface area (TPSA) is 89.1 Å². The highest BCUT2D eigenvalue weighted by Gasteiger charge is 2.15. The van der Waals surface area contributed by atoms with Crippen LogP contribution in [0.25, 0.3) is 22.0 Å². The zero-order chi connectivity index (χ0) is 22.3. The Morgan fingerprint density at radius 1 is 1.09 bits per heavy atom. The van der Waals surface area contributed by atoms with E-state index >= 15 is 0 Å². The van der Waals surface area contributed by atoms with Gasteiger partial charge in [-0.1, -0.05) is 42.5 Å². The van der Waals surface area contributed by atoms with Crippen molar-refractivity contribution in [2.24, 2.45) is 0 Å². The van der Waals surface area contributed by atoms with Crippen LogP contribution in [0.5, 0.6) is 5.75 Å². The summed E-state index contributed by atoms with van der Waals surface area (Å²) in [5.41, 5.74) is 5.39. The summed E-state index contributed by atoms with van der Waals surface area (Å²) < 4.78 is 11.3. The van der Waals surface area contributed by atoms with Crippen LogP contribution in [-0.4, -0.2) is 41.4 Å². The van der Waals surface area contributed by atoms with Crippen molar-refractivity contribution in [2.75, 3.05) is 20.3 Å².